The van der Waals surface area contributed by atoms with Gasteiger partial charge in [0.1, 0.15) is 12.0 Å². The minimum atomic E-state index is -0.478. The Hall–Kier alpha value is -3.14. The van der Waals surface area contributed by atoms with Crippen molar-refractivity contribution in [3.8, 4) is 0 Å². The number of aryl methyl sites for hydroxylation is 2. The van der Waals surface area contributed by atoms with Crippen LogP contribution >= 0.6 is 0 Å². The first-order chi connectivity index (χ1) is 12.5. The maximum absolute atomic E-state index is 13.8. The summed E-state index contributed by atoms with van der Waals surface area (Å²) in [5.74, 6) is -0.422. The molecular formula is C22H19FN2O. The zero-order valence-corrected chi connectivity index (χ0v) is 14.7. The second kappa shape index (κ2) is 6.30. The van der Waals surface area contributed by atoms with Crippen LogP contribution in [0.1, 0.15) is 33.2 Å². The van der Waals surface area contributed by atoms with Crippen molar-refractivity contribution in [2.45, 2.75) is 20.0 Å². The van der Waals surface area contributed by atoms with E-state index in [9.17, 15) is 9.18 Å². The van der Waals surface area contributed by atoms with Crippen molar-refractivity contribution in [1.82, 2.24) is 0 Å². The van der Waals surface area contributed by atoms with Crippen LogP contribution in [-0.4, -0.2) is 5.91 Å². The van der Waals surface area contributed by atoms with Crippen LogP contribution in [-0.2, 0) is 0 Å². The summed E-state index contributed by atoms with van der Waals surface area (Å²) in [6.07, 6.45) is -0.478. The number of para-hydroxylation sites is 1. The van der Waals surface area contributed by atoms with Gasteiger partial charge < -0.3 is 5.32 Å². The van der Waals surface area contributed by atoms with E-state index in [0.717, 1.165) is 22.5 Å². The smallest absolute Gasteiger partial charge is 0.262 e. The first-order valence-electron chi connectivity index (χ1n) is 8.56. The summed E-state index contributed by atoms with van der Waals surface area (Å²) in [5.41, 5.74) is 5.01. The van der Waals surface area contributed by atoms with E-state index in [1.165, 1.54) is 12.1 Å². The van der Waals surface area contributed by atoms with Crippen molar-refractivity contribution in [2.24, 2.45) is 0 Å². The largest absolute Gasteiger partial charge is 0.360 e. The molecular weight excluding hydrogens is 327 g/mol. The van der Waals surface area contributed by atoms with E-state index in [0.29, 0.717) is 11.1 Å². The number of carbonyl (C=O) groups excluding carboxylic acids is 1. The molecule has 1 aliphatic heterocycles. The molecule has 4 rings (SSSR count). The van der Waals surface area contributed by atoms with Crippen molar-refractivity contribution >= 4 is 17.3 Å². The SMILES string of the molecule is Cc1cc(C)cc(N2C(=O)c3ccccc3N[C@@H]2c2cccc(F)c2)c1. The maximum atomic E-state index is 13.8. The Morgan fingerprint density at radius 1 is 0.923 bits per heavy atom. The third kappa shape index (κ3) is 2.84. The highest BCUT2D eigenvalue weighted by Crippen LogP contribution is 2.37. The fraction of sp³-hybridized carbons (Fsp3) is 0.136. The number of fused-ring (bicyclic) bond motifs is 1. The highest BCUT2D eigenvalue weighted by molar-refractivity contribution is 6.12. The molecule has 1 aliphatic rings. The van der Waals surface area contributed by atoms with Gasteiger partial charge in [-0.15, -0.1) is 0 Å². The standard InChI is InChI=1S/C22H19FN2O/c1-14-10-15(2)12-18(11-14)25-21(16-6-5-7-17(23)13-16)24-20-9-4-3-8-19(20)22(25)26/h3-13,21,24H,1-2H3/t21-/m0/s1. The van der Waals surface area contributed by atoms with Gasteiger partial charge in [0.25, 0.3) is 5.91 Å². The van der Waals surface area contributed by atoms with Gasteiger partial charge in [0.15, 0.2) is 0 Å². The summed E-state index contributed by atoms with van der Waals surface area (Å²) in [6.45, 7) is 4.01. The van der Waals surface area contributed by atoms with Crippen molar-refractivity contribution in [1.29, 1.82) is 0 Å². The molecule has 0 fully saturated rings. The lowest BCUT2D eigenvalue weighted by atomic mass is 10.0. The number of halogens is 1. The van der Waals surface area contributed by atoms with Crippen LogP contribution in [0.25, 0.3) is 0 Å². The summed E-state index contributed by atoms with van der Waals surface area (Å²) in [5, 5.41) is 3.40. The van der Waals surface area contributed by atoms with Crippen LogP contribution in [0.3, 0.4) is 0 Å². The molecule has 1 heterocycles. The van der Waals surface area contributed by atoms with Gasteiger partial charge >= 0.3 is 0 Å². The monoisotopic (exact) mass is 346 g/mol. The number of amides is 1. The van der Waals surface area contributed by atoms with Gasteiger partial charge in [-0.2, -0.15) is 0 Å². The third-order valence-electron chi connectivity index (χ3n) is 4.58. The molecule has 3 aromatic rings. The van der Waals surface area contributed by atoms with E-state index in [1.807, 2.05) is 56.3 Å². The molecule has 0 radical (unpaired) electrons. The van der Waals surface area contributed by atoms with E-state index in [-0.39, 0.29) is 11.7 Å². The number of nitrogens with one attached hydrogen (secondary N) is 1. The van der Waals surface area contributed by atoms with E-state index >= 15 is 0 Å². The van der Waals surface area contributed by atoms with E-state index in [4.69, 9.17) is 0 Å². The Morgan fingerprint density at radius 3 is 2.38 bits per heavy atom. The van der Waals surface area contributed by atoms with E-state index in [2.05, 4.69) is 11.4 Å². The van der Waals surface area contributed by atoms with Gasteiger partial charge in [0.05, 0.1) is 5.56 Å². The van der Waals surface area contributed by atoms with Crippen LogP contribution in [0.2, 0.25) is 0 Å². The first kappa shape index (κ1) is 16.3. The topological polar surface area (TPSA) is 32.3 Å². The fourth-order valence-corrected chi connectivity index (χ4v) is 3.52. The zero-order chi connectivity index (χ0) is 18.3. The summed E-state index contributed by atoms with van der Waals surface area (Å²) < 4.78 is 13.8. The van der Waals surface area contributed by atoms with Crippen molar-refractivity contribution in [3.05, 3.63) is 94.8 Å². The number of hydrogen-bond acceptors (Lipinski definition) is 2. The highest BCUT2D eigenvalue weighted by Gasteiger charge is 2.34. The number of carbonyl (C=O) groups is 1. The average Bonchev–Trinajstić information content (AvgIpc) is 2.61. The molecule has 3 nitrogen and oxygen atoms in total. The molecule has 4 heteroatoms. The van der Waals surface area contributed by atoms with Crippen LogP contribution in [0.15, 0.2) is 66.7 Å². The number of anilines is 2. The number of benzene rings is 3. The lowest BCUT2D eigenvalue weighted by Crippen LogP contribution is -2.43. The molecule has 130 valence electrons. The fourth-order valence-electron chi connectivity index (χ4n) is 3.52. The van der Waals surface area contributed by atoms with Crippen LogP contribution in [0, 0.1) is 19.7 Å². The number of rotatable bonds is 2. The lowest BCUT2D eigenvalue weighted by molar-refractivity contribution is 0.0975. The number of nitrogens with zero attached hydrogens (tertiary/aromatic N) is 1. The molecule has 0 aromatic heterocycles. The Balaban J connectivity index is 1.90. The molecule has 0 saturated heterocycles. The molecule has 1 N–H and O–H groups in total. The molecule has 0 saturated carbocycles. The first-order valence-corrected chi connectivity index (χ1v) is 8.56. The normalized spacial score (nSPS) is 16.2. The minimum absolute atomic E-state index is 0.0985. The van der Waals surface area contributed by atoms with Gasteiger partial charge in [-0.25, -0.2) is 4.39 Å². The Morgan fingerprint density at radius 2 is 1.65 bits per heavy atom. The molecule has 1 atom stereocenters. The summed E-state index contributed by atoms with van der Waals surface area (Å²) in [4.78, 5) is 15.0. The second-order valence-electron chi connectivity index (χ2n) is 6.67. The van der Waals surface area contributed by atoms with Crippen LogP contribution in [0.5, 0.6) is 0 Å². The van der Waals surface area contributed by atoms with Gasteiger partial charge in [-0.1, -0.05) is 30.3 Å². The van der Waals surface area contributed by atoms with Crippen molar-refractivity contribution in [2.75, 3.05) is 10.2 Å². The van der Waals surface area contributed by atoms with Gasteiger partial charge in [0.2, 0.25) is 0 Å². The van der Waals surface area contributed by atoms with Crippen molar-refractivity contribution in [3.63, 3.8) is 0 Å². The van der Waals surface area contributed by atoms with Crippen LogP contribution in [0.4, 0.5) is 15.8 Å². The average molecular weight is 346 g/mol. The summed E-state index contributed by atoms with van der Waals surface area (Å²) in [7, 11) is 0. The third-order valence-corrected chi connectivity index (χ3v) is 4.58. The molecule has 0 bridgehead atoms. The molecule has 0 aliphatic carbocycles. The highest BCUT2D eigenvalue weighted by atomic mass is 19.1. The predicted molar refractivity (Wildman–Crippen MR) is 102 cm³/mol. The predicted octanol–water partition coefficient (Wildman–Crippen LogP) is 5.21. The lowest BCUT2D eigenvalue weighted by Gasteiger charge is -2.38. The minimum Gasteiger partial charge on any atom is -0.360 e. The Bertz CT molecular complexity index is 979. The second-order valence-corrected chi connectivity index (χ2v) is 6.67. The van der Waals surface area contributed by atoms with Gasteiger partial charge in [0, 0.05) is 11.4 Å². The molecule has 0 spiro atoms. The van der Waals surface area contributed by atoms with Gasteiger partial charge in [-0.05, 0) is 66.9 Å². The zero-order valence-electron chi connectivity index (χ0n) is 14.7. The van der Waals surface area contributed by atoms with E-state index < -0.39 is 6.17 Å². The maximum Gasteiger partial charge on any atom is 0.262 e. The molecule has 3 aromatic carbocycles. The van der Waals surface area contributed by atoms with Crippen LogP contribution < -0.4 is 10.2 Å². The van der Waals surface area contributed by atoms with E-state index in [1.54, 1.807) is 11.0 Å². The van der Waals surface area contributed by atoms with Crippen molar-refractivity contribution < 1.29 is 9.18 Å². The summed E-state index contributed by atoms with van der Waals surface area (Å²) >= 11 is 0. The number of hydrogen-bond donors (Lipinski definition) is 1. The Labute approximate surface area is 152 Å². The molecule has 0 unspecified atom stereocenters. The molecule has 1 amide bonds. The van der Waals surface area contributed by atoms with Gasteiger partial charge in [-0.3, -0.25) is 9.69 Å². The quantitative estimate of drug-likeness (QED) is 0.690. The summed E-state index contributed by atoms with van der Waals surface area (Å²) in [6, 6.07) is 19.8. The molecule has 26 heavy (non-hydrogen) atoms. The Kier molecular flexibility index (Phi) is 3.96.